The van der Waals surface area contributed by atoms with E-state index in [9.17, 15) is 55.9 Å². The van der Waals surface area contributed by atoms with Crippen molar-refractivity contribution in [1.29, 1.82) is 0 Å². The van der Waals surface area contributed by atoms with Gasteiger partial charge in [0.2, 0.25) is 0 Å². The minimum Gasteiger partial charge on any atom is -0.494 e. The molecule has 0 aromatic carbocycles. The molecule has 3 aliphatic heterocycles. The molecule has 3 aliphatic rings. The number of cyclic esters (lactones) is 1. The summed E-state index contributed by atoms with van der Waals surface area (Å²) in [6.45, 7) is 8.21. The number of ether oxygens (including phenoxy) is 4. The molecule has 0 spiro atoms. The zero-order valence-corrected chi connectivity index (χ0v) is 37.2. The highest BCUT2D eigenvalue weighted by atomic mass is 16.7. The van der Waals surface area contributed by atoms with E-state index in [1.807, 2.05) is 67.7 Å². The lowest BCUT2D eigenvalue weighted by atomic mass is 9.88. The van der Waals surface area contributed by atoms with Crippen molar-refractivity contribution in [1.82, 2.24) is 0 Å². The summed E-state index contributed by atoms with van der Waals surface area (Å²) in [5.74, 6) is -2.52. The average molecular weight is 891 g/mol. The molecule has 0 radical (unpaired) electrons. The van der Waals surface area contributed by atoms with Gasteiger partial charge in [-0.15, -0.1) is 0 Å². The van der Waals surface area contributed by atoms with Gasteiger partial charge in [-0.25, -0.2) is 0 Å². The van der Waals surface area contributed by atoms with Gasteiger partial charge >= 0.3 is 5.97 Å². The molecule has 1 saturated heterocycles. The Morgan fingerprint density at radius 2 is 1.16 bits per heavy atom. The summed E-state index contributed by atoms with van der Waals surface area (Å²) in [6.07, 6.45) is 11.3. The molecule has 63 heavy (non-hydrogen) atoms. The fraction of sp³-hybridized carbons (Fsp3) is 0.646. The fourth-order valence-electron chi connectivity index (χ4n) is 7.68. The average Bonchev–Trinajstić information content (AvgIpc) is 3.22. The third-order valence-electron chi connectivity index (χ3n) is 12.0. The van der Waals surface area contributed by atoms with E-state index < -0.39 is 122 Å². The molecule has 0 aromatic heterocycles. The van der Waals surface area contributed by atoms with Gasteiger partial charge in [-0.1, -0.05) is 106 Å². The van der Waals surface area contributed by atoms with Gasteiger partial charge in [-0.3, -0.25) is 4.79 Å². The lowest BCUT2D eigenvalue weighted by Gasteiger charge is -2.42. The number of carbonyl (C=O) groups excluding carboxylic acids is 1. The zero-order chi connectivity index (χ0) is 46.6. The Bertz CT molecular complexity index is 1590. The van der Waals surface area contributed by atoms with E-state index in [2.05, 4.69) is 0 Å². The second-order valence-electron chi connectivity index (χ2n) is 17.2. The van der Waals surface area contributed by atoms with Crippen molar-refractivity contribution in [3.63, 3.8) is 0 Å². The van der Waals surface area contributed by atoms with Crippen LogP contribution in [0.15, 0.2) is 96.9 Å². The Hall–Kier alpha value is -3.29. The predicted octanol–water partition coefficient (Wildman–Crippen LogP) is 2.73. The van der Waals surface area contributed by atoms with Crippen LogP contribution in [0.4, 0.5) is 0 Å². The van der Waals surface area contributed by atoms with Crippen LogP contribution in [-0.2, 0) is 23.7 Å². The first-order valence-electron chi connectivity index (χ1n) is 22.2. The molecule has 3 rings (SSSR count). The van der Waals surface area contributed by atoms with Gasteiger partial charge in [0.25, 0.3) is 0 Å². The minimum atomic E-state index is -1.41. The highest BCUT2D eigenvalue weighted by Crippen LogP contribution is 2.33. The lowest BCUT2D eigenvalue weighted by molar-refractivity contribution is -0.289. The Balaban J connectivity index is 1.81. The zero-order valence-electron chi connectivity index (χ0n) is 37.2. The molecule has 0 aliphatic carbocycles. The third-order valence-corrected chi connectivity index (χ3v) is 12.0. The molecule has 0 aromatic rings. The summed E-state index contributed by atoms with van der Waals surface area (Å²) in [5, 5.41) is 107. The summed E-state index contributed by atoms with van der Waals surface area (Å²) in [5.41, 5.74) is 0. The smallest absolute Gasteiger partial charge is 0.308 e. The van der Waals surface area contributed by atoms with Crippen LogP contribution in [0.3, 0.4) is 0 Å². The number of hydrogen-bond acceptors (Lipinski definition) is 15. The molecule has 0 saturated carbocycles. The first-order chi connectivity index (χ1) is 29.9. The first-order valence-corrected chi connectivity index (χ1v) is 22.2. The Kier molecular flexibility index (Phi) is 23.9. The number of aliphatic hydroxyl groups excluding tert-OH is 10. The van der Waals surface area contributed by atoms with Crippen molar-refractivity contribution in [2.45, 2.75) is 165 Å². The van der Waals surface area contributed by atoms with Crippen molar-refractivity contribution in [2.24, 2.45) is 23.7 Å². The van der Waals surface area contributed by atoms with E-state index in [1.54, 1.807) is 52.0 Å². The van der Waals surface area contributed by atoms with E-state index in [0.717, 1.165) is 0 Å². The monoisotopic (exact) mass is 891 g/mol. The van der Waals surface area contributed by atoms with Crippen LogP contribution in [0.5, 0.6) is 0 Å². The summed E-state index contributed by atoms with van der Waals surface area (Å²) >= 11 is 0. The number of fused-ring (bicyclic) bond motifs is 2. The molecule has 0 amide bonds. The lowest BCUT2D eigenvalue weighted by Crippen LogP contribution is -2.54. The molecule has 1 fully saturated rings. The number of allylic oxidation sites excluding steroid dienone is 12. The van der Waals surface area contributed by atoms with Crippen molar-refractivity contribution in [2.75, 3.05) is 6.61 Å². The third kappa shape index (κ3) is 18.6. The largest absolute Gasteiger partial charge is 0.494 e. The molecule has 18 atom stereocenters. The summed E-state index contributed by atoms with van der Waals surface area (Å²) < 4.78 is 23.8. The summed E-state index contributed by atoms with van der Waals surface area (Å²) in [6, 6.07) is 0. The summed E-state index contributed by atoms with van der Waals surface area (Å²) in [4.78, 5) is 12.6. The highest BCUT2D eigenvalue weighted by Gasteiger charge is 2.43. The van der Waals surface area contributed by atoms with E-state index in [1.165, 1.54) is 6.08 Å². The molecular weight excluding hydrogens is 817 g/mol. The van der Waals surface area contributed by atoms with Crippen LogP contribution in [0.25, 0.3) is 0 Å². The van der Waals surface area contributed by atoms with Crippen molar-refractivity contribution >= 4 is 5.97 Å². The van der Waals surface area contributed by atoms with Gasteiger partial charge in [-0.2, -0.15) is 0 Å². The van der Waals surface area contributed by atoms with E-state index in [0.29, 0.717) is 0 Å². The van der Waals surface area contributed by atoms with E-state index in [-0.39, 0.29) is 50.2 Å². The quantitative estimate of drug-likeness (QED) is 0.183. The number of esters is 1. The molecule has 2 bridgehead atoms. The minimum absolute atomic E-state index is 0.0236. The number of hydrogen-bond donors (Lipinski definition) is 10. The van der Waals surface area contributed by atoms with Crippen molar-refractivity contribution < 1.29 is 74.8 Å². The molecule has 10 N–H and O–H groups in total. The Labute approximate surface area is 372 Å². The van der Waals surface area contributed by atoms with Gasteiger partial charge in [0.1, 0.15) is 18.3 Å². The predicted molar refractivity (Wildman–Crippen MR) is 236 cm³/mol. The maximum atomic E-state index is 12.6. The topological polar surface area (TPSA) is 256 Å². The molecule has 15 heteroatoms. The van der Waals surface area contributed by atoms with Crippen LogP contribution in [0, 0.1) is 23.7 Å². The van der Waals surface area contributed by atoms with Gasteiger partial charge in [0.15, 0.2) is 6.29 Å². The van der Waals surface area contributed by atoms with E-state index >= 15 is 0 Å². The standard InChI is InChI=1S/C48H74O15/c1-29-18-16-14-12-10-8-6-7-9-11-13-15-17-19-37(63-48-47(59)31(3)46(58)33(5)61-48)27-43-39(28-49)41(54)26-38(62-43)23-36(52)24-42(55)40(53)21-20-34(50)22-35(51)25-44(56)60-32(4)30(2)45(29)57/h6-19,26,29-37,39-43,45-55,57-59H,20-25,27-28H2,1-5H3/b7-6+,10-8+,11-9+,14-12+,15-13+,18-16+,19-17+. The first kappa shape index (κ1) is 54.0. The maximum absolute atomic E-state index is 12.6. The van der Waals surface area contributed by atoms with E-state index in [4.69, 9.17) is 18.9 Å². The van der Waals surface area contributed by atoms with Gasteiger partial charge in [0.05, 0.1) is 79.8 Å². The number of aliphatic hydroxyl groups is 10. The molecule has 356 valence electrons. The van der Waals surface area contributed by atoms with Crippen LogP contribution in [0.2, 0.25) is 0 Å². The molecule has 15 nitrogen and oxygen atoms in total. The second-order valence-corrected chi connectivity index (χ2v) is 17.2. The summed E-state index contributed by atoms with van der Waals surface area (Å²) in [7, 11) is 0. The van der Waals surface area contributed by atoms with Gasteiger partial charge in [0, 0.05) is 42.9 Å². The van der Waals surface area contributed by atoms with Crippen molar-refractivity contribution in [3.05, 3.63) is 96.9 Å². The van der Waals surface area contributed by atoms with Crippen LogP contribution < -0.4 is 0 Å². The van der Waals surface area contributed by atoms with Gasteiger partial charge in [-0.05, 0) is 39.2 Å². The maximum Gasteiger partial charge on any atom is 0.308 e. The SMILES string of the molecule is CC1/C=C/C=C/C=C/C=C/C=C/C=C/C=C/C(OC2OC(C)C(O)C(C)C2O)CC2OC(=CC(O)C2CO)CC(O)CC(O)C(O)CCC(O)CC(O)CC(=O)OC(C)C(C)C1O. The van der Waals surface area contributed by atoms with Crippen LogP contribution >= 0.6 is 0 Å². The fourth-order valence-corrected chi connectivity index (χ4v) is 7.68. The second kappa shape index (κ2) is 27.9. The highest BCUT2D eigenvalue weighted by molar-refractivity contribution is 5.70. The normalized spacial score (nSPS) is 44.0. The van der Waals surface area contributed by atoms with Gasteiger partial charge < -0.3 is 70.0 Å². The van der Waals surface area contributed by atoms with Crippen LogP contribution in [-0.4, -0.2) is 149 Å². The Morgan fingerprint density at radius 3 is 1.76 bits per heavy atom. The number of rotatable bonds is 3. The number of carbonyl (C=O) groups is 1. The molecule has 3 heterocycles. The van der Waals surface area contributed by atoms with Crippen molar-refractivity contribution in [3.8, 4) is 0 Å². The molecule has 18 unspecified atom stereocenters. The Morgan fingerprint density at radius 1 is 0.587 bits per heavy atom. The van der Waals surface area contributed by atoms with Crippen LogP contribution in [0.1, 0.15) is 79.6 Å². The molecular formula is C48H74O15.